The second kappa shape index (κ2) is 2.55. The Kier molecular flexibility index (Phi) is 1.54. The topological polar surface area (TPSA) is 25.8 Å². The Morgan fingerprint density at radius 2 is 2.08 bits per heavy atom. The van der Waals surface area contributed by atoms with Gasteiger partial charge in [-0.2, -0.15) is 0 Å². The van der Waals surface area contributed by atoms with E-state index in [-0.39, 0.29) is 0 Å². The Labute approximate surface area is 71.3 Å². The first-order valence-electron chi connectivity index (χ1n) is 3.96. The molecule has 2 heteroatoms. The monoisotopic (exact) mass is 158 g/mol. The molecule has 0 spiro atoms. The molecule has 0 aliphatic carbocycles. The van der Waals surface area contributed by atoms with Crippen LogP contribution in [-0.4, -0.2) is 9.97 Å². The molecule has 0 aliphatic heterocycles. The molecule has 0 atom stereocenters. The lowest BCUT2D eigenvalue weighted by Gasteiger charge is -2.00. The quantitative estimate of drug-likeness (QED) is 0.587. The summed E-state index contributed by atoms with van der Waals surface area (Å²) in [5.74, 6) is 0. The van der Waals surface area contributed by atoms with E-state index in [1.54, 1.807) is 6.20 Å². The number of fused-ring (bicyclic) bond motifs is 1. The zero-order valence-electron chi connectivity index (χ0n) is 7.20. The maximum absolute atomic E-state index is 4.37. The zero-order valence-corrected chi connectivity index (χ0v) is 7.20. The van der Waals surface area contributed by atoms with Crippen molar-refractivity contribution < 1.29 is 0 Å². The number of hydrogen-bond acceptors (Lipinski definition) is 2. The van der Waals surface area contributed by atoms with Crippen LogP contribution in [0.25, 0.3) is 11.0 Å². The van der Waals surface area contributed by atoms with E-state index in [1.807, 2.05) is 19.1 Å². The molecule has 0 unspecified atom stereocenters. The highest BCUT2D eigenvalue weighted by atomic mass is 14.8. The van der Waals surface area contributed by atoms with Crippen molar-refractivity contribution in [2.75, 3.05) is 0 Å². The van der Waals surface area contributed by atoms with Crippen molar-refractivity contribution >= 4 is 11.0 Å². The van der Waals surface area contributed by atoms with Gasteiger partial charge in [-0.15, -0.1) is 0 Å². The van der Waals surface area contributed by atoms with Gasteiger partial charge in [-0.1, -0.05) is 0 Å². The van der Waals surface area contributed by atoms with Crippen molar-refractivity contribution in [3.8, 4) is 0 Å². The summed E-state index contributed by atoms with van der Waals surface area (Å²) in [7, 11) is 0. The van der Waals surface area contributed by atoms with Gasteiger partial charge < -0.3 is 0 Å². The summed E-state index contributed by atoms with van der Waals surface area (Å²) in [5.41, 5.74) is 4.23. The molecule has 0 aliphatic rings. The highest BCUT2D eigenvalue weighted by molar-refractivity contribution is 5.77. The number of aromatic nitrogens is 2. The molecule has 0 fully saturated rings. The first-order chi connectivity index (χ1) is 5.77. The third-order valence-electron chi connectivity index (χ3n) is 1.88. The molecule has 0 saturated carbocycles. The normalized spacial score (nSPS) is 10.5. The van der Waals surface area contributed by atoms with Crippen LogP contribution in [0, 0.1) is 13.8 Å². The largest absolute Gasteiger partial charge is 0.254 e. The maximum atomic E-state index is 4.37. The number of nitrogens with zero attached hydrogens (tertiary/aromatic N) is 2. The highest BCUT2D eigenvalue weighted by Crippen LogP contribution is 2.13. The predicted octanol–water partition coefficient (Wildman–Crippen LogP) is 2.25. The smallest absolute Gasteiger partial charge is 0.0915 e. The van der Waals surface area contributed by atoms with Crippen LogP contribution < -0.4 is 0 Å². The maximum Gasteiger partial charge on any atom is 0.0915 e. The van der Waals surface area contributed by atoms with Crippen LogP contribution in [0.5, 0.6) is 0 Å². The fourth-order valence-electron chi connectivity index (χ4n) is 1.39. The predicted molar refractivity (Wildman–Crippen MR) is 49.0 cm³/mol. The molecule has 0 bridgehead atoms. The summed E-state index contributed by atoms with van der Waals surface area (Å²) < 4.78 is 0. The second-order valence-corrected chi connectivity index (χ2v) is 2.95. The molecular formula is C10H10N2. The average molecular weight is 158 g/mol. The first kappa shape index (κ1) is 7.22. The van der Waals surface area contributed by atoms with Gasteiger partial charge in [0.2, 0.25) is 0 Å². The summed E-state index contributed by atoms with van der Waals surface area (Å²) >= 11 is 0. The van der Waals surface area contributed by atoms with Gasteiger partial charge in [0.1, 0.15) is 0 Å². The molecule has 2 aromatic heterocycles. The van der Waals surface area contributed by atoms with Crippen LogP contribution in [0.1, 0.15) is 11.3 Å². The Morgan fingerprint density at radius 3 is 2.92 bits per heavy atom. The zero-order chi connectivity index (χ0) is 8.55. The van der Waals surface area contributed by atoms with Gasteiger partial charge in [0, 0.05) is 11.9 Å². The molecule has 0 radical (unpaired) electrons. The van der Waals surface area contributed by atoms with E-state index in [0.29, 0.717) is 0 Å². The van der Waals surface area contributed by atoms with E-state index in [1.165, 1.54) is 5.56 Å². The van der Waals surface area contributed by atoms with Crippen LogP contribution in [0.4, 0.5) is 0 Å². The number of rotatable bonds is 0. The van der Waals surface area contributed by atoms with Crippen LogP contribution in [0.15, 0.2) is 24.4 Å². The summed E-state index contributed by atoms with van der Waals surface area (Å²) in [6, 6.07) is 5.95. The van der Waals surface area contributed by atoms with Crippen LogP contribution in [0.2, 0.25) is 0 Å². The molecule has 0 N–H and O–H groups in total. The minimum Gasteiger partial charge on any atom is -0.254 e. The fraction of sp³-hybridized carbons (Fsp3) is 0.200. The lowest BCUT2D eigenvalue weighted by atomic mass is 10.2. The summed E-state index contributed by atoms with van der Waals surface area (Å²) in [4.78, 5) is 8.63. The van der Waals surface area contributed by atoms with Crippen molar-refractivity contribution in [3.63, 3.8) is 0 Å². The van der Waals surface area contributed by atoms with Crippen molar-refractivity contribution in [1.29, 1.82) is 0 Å². The van der Waals surface area contributed by atoms with Gasteiger partial charge >= 0.3 is 0 Å². The van der Waals surface area contributed by atoms with Gasteiger partial charge in [0.05, 0.1) is 11.0 Å². The minimum atomic E-state index is 0.981. The Morgan fingerprint density at radius 1 is 1.25 bits per heavy atom. The lowest BCUT2D eigenvalue weighted by molar-refractivity contribution is 1.21. The molecular weight excluding hydrogens is 148 g/mol. The van der Waals surface area contributed by atoms with Crippen molar-refractivity contribution in [1.82, 2.24) is 9.97 Å². The standard InChI is InChI=1S/C10H10N2/c1-7-6-8(2)12-9-4-3-5-11-10(7)9/h3-6H,1-2H3. The van der Waals surface area contributed by atoms with E-state index >= 15 is 0 Å². The molecule has 2 heterocycles. The molecule has 2 rings (SSSR count). The minimum absolute atomic E-state index is 0.981. The SMILES string of the molecule is Cc1cc(C)c2ncccc2n1. The van der Waals surface area contributed by atoms with Crippen molar-refractivity contribution in [2.24, 2.45) is 0 Å². The fourth-order valence-corrected chi connectivity index (χ4v) is 1.39. The first-order valence-corrected chi connectivity index (χ1v) is 3.96. The van der Waals surface area contributed by atoms with Crippen LogP contribution in [-0.2, 0) is 0 Å². The Balaban J connectivity index is 2.89. The van der Waals surface area contributed by atoms with E-state index < -0.39 is 0 Å². The van der Waals surface area contributed by atoms with Crippen LogP contribution >= 0.6 is 0 Å². The summed E-state index contributed by atoms with van der Waals surface area (Å²) in [5, 5.41) is 0. The Hall–Kier alpha value is -1.44. The number of aryl methyl sites for hydroxylation is 2. The third kappa shape index (κ3) is 1.05. The summed E-state index contributed by atoms with van der Waals surface area (Å²) in [6.45, 7) is 4.06. The lowest BCUT2D eigenvalue weighted by Crippen LogP contribution is -1.88. The number of hydrogen-bond donors (Lipinski definition) is 0. The Bertz CT molecular complexity index is 421. The van der Waals surface area contributed by atoms with E-state index in [4.69, 9.17) is 0 Å². The van der Waals surface area contributed by atoms with E-state index in [9.17, 15) is 0 Å². The third-order valence-corrected chi connectivity index (χ3v) is 1.88. The van der Waals surface area contributed by atoms with Gasteiger partial charge in [0.25, 0.3) is 0 Å². The van der Waals surface area contributed by atoms with Gasteiger partial charge in [-0.05, 0) is 37.6 Å². The van der Waals surface area contributed by atoms with Gasteiger partial charge in [0.15, 0.2) is 0 Å². The molecule has 0 amide bonds. The van der Waals surface area contributed by atoms with E-state index in [0.717, 1.165) is 16.7 Å². The molecule has 2 nitrogen and oxygen atoms in total. The van der Waals surface area contributed by atoms with Gasteiger partial charge in [-0.25, -0.2) is 0 Å². The van der Waals surface area contributed by atoms with Gasteiger partial charge in [-0.3, -0.25) is 9.97 Å². The van der Waals surface area contributed by atoms with Crippen LogP contribution in [0.3, 0.4) is 0 Å². The number of pyridine rings is 2. The second-order valence-electron chi connectivity index (χ2n) is 2.95. The molecule has 60 valence electrons. The molecule has 2 aromatic rings. The molecule has 0 aromatic carbocycles. The average Bonchev–Trinajstić information content (AvgIpc) is 2.04. The molecule has 12 heavy (non-hydrogen) atoms. The van der Waals surface area contributed by atoms with E-state index in [2.05, 4.69) is 23.0 Å². The van der Waals surface area contributed by atoms with Crippen molar-refractivity contribution in [3.05, 3.63) is 35.7 Å². The summed E-state index contributed by atoms with van der Waals surface area (Å²) in [6.07, 6.45) is 1.80. The molecule has 0 saturated heterocycles. The highest BCUT2D eigenvalue weighted by Gasteiger charge is 1.98. The van der Waals surface area contributed by atoms with Crippen molar-refractivity contribution in [2.45, 2.75) is 13.8 Å².